The molecule has 1 heterocycles. The van der Waals surface area contributed by atoms with Crippen molar-refractivity contribution in [3.05, 3.63) is 23.8 Å². The summed E-state index contributed by atoms with van der Waals surface area (Å²) in [5.74, 6) is -0.0226. The highest BCUT2D eigenvalue weighted by molar-refractivity contribution is 7.89. The topological polar surface area (TPSA) is 75.7 Å². The van der Waals surface area contributed by atoms with Crippen LogP contribution in [0.15, 0.2) is 23.1 Å². The first-order valence-corrected chi connectivity index (χ1v) is 10.1. The van der Waals surface area contributed by atoms with E-state index in [9.17, 15) is 13.2 Å². The van der Waals surface area contributed by atoms with Gasteiger partial charge in [-0.15, -0.1) is 0 Å². The molecule has 1 N–H and O–H groups in total. The van der Waals surface area contributed by atoms with E-state index >= 15 is 0 Å². The first kappa shape index (κ1) is 19.7. The maximum atomic E-state index is 13.0. The predicted octanol–water partition coefficient (Wildman–Crippen LogP) is 2.65. The van der Waals surface area contributed by atoms with Crippen LogP contribution < -0.4 is 10.1 Å². The van der Waals surface area contributed by atoms with E-state index < -0.39 is 10.0 Å². The van der Waals surface area contributed by atoms with Crippen molar-refractivity contribution in [2.75, 3.05) is 26.7 Å². The second-order valence-corrected chi connectivity index (χ2v) is 9.48. The van der Waals surface area contributed by atoms with Crippen LogP contribution in [-0.2, 0) is 10.0 Å². The average molecular weight is 368 g/mol. The van der Waals surface area contributed by atoms with E-state index in [0.717, 1.165) is 19.3 Å². The summed E-state index contributed by atoms with van der Waals surface area (Å²) >= 11 is 0. The molecule has 140 valence electrons. The number of carbonyl (C=O) groups excluding carboxylic acids is 1. The zero-order valence-electron chi connectivity index (χ0n) is 15.5. The fourth-order valence-electron chi connectivity index (χ4n) is 2.71. The Labute approximate surface area is 150 Å². The third-order valence-corrected chi connectivity index (χ3v) is 6.06. The highest BCUT2D eigenvalue weighted by Gasteiger charge is 2.29. The minimum atomic E-state index is -3.68. The van der Waals surface area contributed by atoms with Gasteiger partial charge in [0, 0.05) is 25.2 Å². The third-order valence-electron chi connectivity index (χ3n) is 4.14. The number of sulfonamides is 1. The van der Waals surface area contributed by atoms with Crippen molar-refractivity contribution in [3.63, 3.8) is 0 Å². The zero-order valence-corrected chi connectivity index (χ0v) is 16.3. The number of carbonyl (C=O) groups is 1. The Hall–Kier alpha value is -1.60. The molecule has 0 radical (unpaired) electrons. The van der Waals surface area contributed by atoms with Gasteiger partial charge in [0.2, 0.25) is 10.0 Å². The normalized spacial score (nSPS) is 16.5. The lowest BCUT2D eigenvalue weighted by Crippen LogP contribution is -2.36. The highest BCUT2D eigenvalue weighted by Crippen LogP contribution is 2.29. The van der Waals surface area contributed by atoms with E-state index in [2.05, 4.69) is 5.32 Å². The van der Waals surface area contributed by atoms with Gasteiger partial charge in [-0.2, -0.15) is 4.31 Å². The van der Waals surface area contributed by atoms with E-state index in [0.29, 0.717) is 25.2 Å². The van der Waals surface area contributed by atoms with Gasteiger partial charge in [-0.25, -0.2) is 8.42 Å². The van der Waals surface area contributed by atoms with E-state index in [1.165, 1.54) is 17.5 Å². The fourth-order valence-corrected chi connectivity index (χ4v) is 4.41. The number of ether oxygens (including phenoxy) is 1. The van der Waals surface area contributed by atoms with Crippen LogP contribution in [0.4, 0.5) is 0 Å². The van der Waals surface area contributed by atoms with Crippen LogP contribution in [0.1, 0.15) is 50.4 Å². The molecule has 1 aliphatic heterocycles. The summed E-state index contributed by atoms with van der Waals surface area (Å²) in [6.07, 6.45) is 2.75. The monoisotopic (exact) mass is 368 g/mol. The Balaban J connectivity index is 2.32. The molecule has 1 aromatic carbocycles. The highest BCUT2D eigenvalue weighted by atomic mass is 32.2. The number of hydrogen-bond donors (Lipinski definition) is 1. The van der Waals surface area contributed by atoms with E-state index in [1.54, 1.807) is 12.1 Å². The molecule has 0 atom stereocenters. The summed E-state index contributed by atoms with van der Waals surface area (Å²) in [5, 5.41) is 2.85. The maximum absolute atomic E-state index is 13.0. The number of amides is 1. The number of hydrogen-bond acceptors (Lipinski definition) is 4. The first-order valence-electron chi connectivity index (χ1n) is 8.61. The second-order valence-electron chi connectivity index (χ2n) is 7.57. The van der Waals surface area contributed by atoms with Gasteiger partial charge in [0.15, 0.2) is 0 Å². The Morgan fingerprint density at radius 2 is 1.84 bits per heavy atom. The summed E-state index contributed by atoms with van der Waals surface area (Å²) in [6, 6.07) is 4.55. The van der Waals surface area contributed by atoms with Crippen molar-refractivity contribution in [3.8, 4) is 5.75 Å². The lowest BCUT2D eigenvalue weighted by atomic mass is 9.97. The van der Waals surface area contributed by atoms with Crippen LogP contribution in [-0.4, -0.2) is 45.4 Å². The molecule has 1 aromatic rings. The van der Waals surface area contributed by atoms with Crippen molar-refractivity contribution in [1.82, 2.24) is 9.62 Å². The van der Waals surface area contributed by atoms with Crippen LogP contribution in [0, 0.1) is 5.41 Å². The molecule has 1 saturated heterocycles. The number of benzene rings is 1. The second kappa shape index (κ2) is 7.74. The maximum Gasteiger partial charge on any atom is 0.251 e. The number of nitrogens with one attached hydrogen (secondary N) is 1. The first-order chi connectivity index (χ1) is 11.6. The minimum Gasteiger partial charge on any atom is -0.495 e. The molecule has 0 saturated carbocycles. The lowest BCUT2D eigenvalue weighted by molar-refractivity contribution is 0.0939. The Morgan fingerprint density at radius 3 is 2.40 bits per heavy atom. The van der Waals surface area contributed by atoms with Crippen LogP contribution in [0.3, 0.4) is 0 Å². The molecule has 7 heteroatoms. The molecular formula is C18H28N2O4S. The van der Waals surface area contributed by atoms with Crippen molar-refractivity contribution in [2.24, 2.45) is 5.41 Å². The van der Waals surface area contributed by atoms with Gasteiger partial charge < -0.3 is 10.1 Å². The number of methoxy groups -OCH3 is 1. The molecular weight excluding hydrogens is 340 g/mol. The van der Waals surface area contributed by atoms with E-state index in [1.807, 2.05) is 20.8 Å². The van der Waals surface area contributed by atoms with Gasteiger partial charge in [0.1, 0.15) is 10.6 Å². The van der Waals surface area contributed by atoms with E-state index in [-0.39, 0.29) is 22.0 Å². The van der Waals surface area contributed by atoms with Crippen molar-refractivity contribution in [2.45, 2.75) is 44.9 Å². The average Bonchev–Trinajstić information content (AvgIpc) is 2.59. The molecule has 1 fully saturated rings. The standard InChI is InChI=1S/C18H28N2O4S/c1-18(2,3)13-19-17(21)14-8-9-15(24-4)16(12-14)25(22,23)20-10-6-5-7-11-20/h8-9,12H,5-7,10-11,13H2,1-4H3,(H,19,21). The molecule has 2 rings (SSSR count). The van der Waals surface area contributed by atoms with Gasteiger partial charge in [0.25, 0.3) is 5.91 Å². The predicted molar refractivity (Wildman–Crippen MR) is 97.4 cm³/mol. The molecule has 1 aliphatic rings. The third kappa shape index (κ3) is 4.95. The van der Waals surface area contributed by atoms with Crippen LogP contribution in [0.5, 0.6) is 5.75 Å². The van der Waals surface area contributed by atoms with Crippen molar-refractivity contribution < 1.29 is 17.9 Å². The molecule has 0 bridgehead atoms. The Bertz CT molecular complexity index is 717. The summed E-state index contributed by atoms with van der Waals surface area (Å²) in [4.78, 5) is 12.4. The molecule has 6 nitrogen and oxygen atoms in total. The van der Waals surface area contributed by atoms with Gasteiger partial charge >= 0.3 is 0 Å². The van der Waals surface area contributed by atoms with Crippen LogP contribution in [0.2, 0.25) is 0 Å². The van der Waals surface area contributed by atoms with Crippen molar-refractivity contribution >= 4 is 15.9 Å². The van der Waals surface area contributed by atoms with Gasteiger partial charge in [-0.1, -0.05) is 27.2 Å². The van der Waals surface area contributed by atoms with Crippen molar-refractivity contribution in [1.29, 1.82) is 0 Å². The zero-order chi connectivity index (χ0) is 18.7. The molecule has 0 unspecified atom stereocenters. The summed E-state index contributed by atoms with van der Waals surface area (Å²) < 4.78 is 32.7. The molecule has 25 heavy (non-hydrogen) atoms. The lowest BCUT2D eigenvalue weighted by Gasteiger charge is -2.26. The summed E-state index contributed by atoms with van der Waals surface area (Å²) in [7, 11) is -2.24. The van der Waals surface area contributed by atoms with E-state index in [4.69, 9.17) is 4.74 Å². The number of rotatable bonds is 5. The summed E-state index contributed by atoms with van der Waals surface area (Å²) in [5.41, 5.74) is 0.269. The quantitative estimate of drug-likeness (QED) is 0.867. The Morgan fingerprint density at radius 1 is 1.20 bits per heavy atom. The number of nitrogens with zero attached hydrogens (tertiary/aromatic N) is 1. The largest absolute Gasteiger partial charge is 0.495 e. The SMILES string of the molecule is COc1ccc(C(=O)NCC(C)(C)C)cc1S(=O)(=O)N1CCCCC1. The van der Waals surface area contributed by atoms with Crippen LogP contribution >= 0.6 is 0 Å². The Kier molecular flexibility index (Phi) is 6.11. The molecule has 1 amide bonds. The fraction of sp³-hybridized carbons (Fsp3) is 0.611. The minimum absolute atomic E-state index is 0.0508. The molecule has 0 aromatic heterocycles. The number of piperidine rings is 1. The van der Waals surface area contributed by atoms with Crippen LogP contribution in [0.25, 0.3) is 0 Å². The molecule has 0 spiro atoms. The molecule has 0 aliphatic carbocycles. The van der Waals surface area contributed by atoms with Gasteiger partial charge in [-0.05, 0) is 36.5 Å². The van der Waals surface area contributed by atoms with Gasteiger partial charge in [0.05, 0.1) is 7.11 Å². The smallest absolute Gasteiger partial charge is 0.251 e. The summed E-state index contributed by atoms with van der Waals surface area (Å²) in [6.45, 7) is 7.58. The van der Waals surface area contributed by atoms with Gasteiger partial charge in [-0.3, -0.25) is 4.79 Å².